The van der Waals surface area contributed by atoms with Crippen LogP contribution in [0.4, 0.5) is 0 Å². The van der Waals surface area contributed by atoms with E-state index in [0.29, 0.717) is 0 Å². The molecule has 0 saturated carbocycles. The van der Waals surface area contributed by atoms with Gasteiger partial charge in [0.05, 0.1) is 0 Å². The van der Waals surface area contributed by atoms with E-state index < -0.39 is 6.10 Å². The smallest absolute Gasteiger partial charge is 0.296 e. The number of ether oxygens (including phenoxy) is 1. The van der Waals surface area contributed by atoms with Crippen LogP contribution in [0.3, 0.4) is 0 Å². The zero-order valence-corrected chi connectivity index (χ0v) is 8.96. The van der Waals surface area contributed by atoms with Crippen molar-refractivity contribution in [3.63, 3.8) is 0 Å². The van der Waals surface area contributed by atoms with Crippen molar-refractivity contribution in [3.05, 3.63) is 48.0 Å². The SMILES string of the molecule is NC1=NC(=O)C(c2ccc3ccccc3c2)O1. The first-order valence-corrected chi connectivity index (χ1v) is 5.27. The predicted molar refractivity (Wildman–Crippen MR) is 64.4 cm³/mol. The number of fused-ring (bicyclic) bond motifs is 1. The number of hydrogen-bond acceptors (Lipinski definition) is 3. The lowest BCUT2D eigenvalue weighted by molar-refractivity contribution is -0.122. The predicted octanol–water partition coefficient (Wildman–Crippen LogP) is 1.75. The molecular weight excluding hydrogens is 216 g/mol. The summed E-state index contributed by atoms with van der Waals surface area (Å²) in [6, 6.07) is 13.6. The molecule has 4 nitrogen and oxygen atoms in total. The number of aliphatic imine (C=N–C) groups is 1. The molecule has 84 valence electrons. The third-order valence-electron chi connectivity index (χ3n) is 2.76. The summed E-state index contributed by atoms with van der Waals surface area (Å²) >= 11 is 0. The Hall–Kier alpha value is -2.36. The maximum Gasteiger partial charge on any atom is 0.296 e. The highest BCUT2D eigenvalue weighted by atomic mass is 16.5. The third kappa shape index (κ3) is 1.63. The van der Waals surface area contributed by atoms with Gasteiger partial charge in [-0.25, -0.2) is 0 Å². The largest absolute Gasteiger partial charge is 0.447 e. The second kappa shape index (κ2) is 3.59. The van der Waals surface area contributed by atoms with Crippen LogP contribution in [-0.4, -0.2) is 11.9 Å². The second-order valence-electron chi connectivity index (χ2n) is 3.89. The number of amides is 1. The van der Waals surface area contributed by atoms with Crippen molar-refractivity contribution in [2.45, 2.75) is 6.10 Å². The number of rotatable bonds is 1. The zero-order chi connectivity index (χ0) is 11.8. The molecule has 0 aliphatic carbocycles. The number of carbonyl (C=O) groups is 1. The van der Waals surface area contributed by atoms with Gasteiger partial charge in [0.2, 0.25) is 6.10 Å². The van der Waals surface area contributed by atoms with Crippen molar-refractivity contribution < 1.29 is 9.53 Å². The Morgan fingerprint density at radius 2 is 1.88 bits per heavy atom. The average Bonchev–Trinajstić information content (AvgIpc) is 2.68. The lowest BCUT2D eigenvalue weighted by Gasteiger charge is -2.09. The Labute approximate surface area is 97.7 Å². The Balaban J connectivity index is 2.05. The fourth-order valence-electron chi connectivity index (χ4n) is 1.95. The van der Waals surface area contributed by atoms with E-state index in [4.69, 9.17) is 10.5 Å². The van der Waals surface area contributed by atoms with E-state index in [1.807, 2.05) is 42.5 Å². The molecule has 2 N–H and O–H groups in total. The number of nitrogens with zero attached hydrogens (tertiary/aromatic N) is 1. The van der Waals surface area contributed by atoms with Gasteiger partial charge in [-0.15, -0.1) is 0 Å². The minimum Gasteiger partial charge on any atom is -0.447 e. The summed E-state index contributed by atoms with van der Waals surface area (Å²) in [5, 5.41) is 2.18. The van der Waals surface area contributed by atoms with Gasteiger partial charge in [-0.3, -0.25) is 4.79 Å². The number of carbonyl (C=O) groups excluding carboxylic acids is 1. The van der Waals surface area contributed by atoms with E-state index in [2.05, 4.69) is 4.99 Å². The lowest BCUT2D eigenvalue weighted by Crippen LogP contribution is -2.13. The summed E-state index contributed by atoms with van der Waals surface area (Å²) < 4.78 is 5.19. The fourth-order valence-corrected chi connectivity index (χ4v) is 1.95. The molecule has 17 heavy (non-hydrogen) atoms. The molecule has 0 bridgehead atoms. The monoisotopic (exact) mass is 226 g/mol. The summed E-state index contributed by atoms with van der Waals surface area (Å²) in [4.78, 5) is 15.1. The standard InChI is InChI=1S/C13H10N2O2/c14-13-15-12(16)11(17-13)10-6-5-8-3-1-2-4-9(8)7-10/h1-7,11H,(H2,14,15,16). The van der Waals surface area contributed by atoms with Crippen molar-refractivity contribution in [1.29, 1.82) is 0 Å². The summed E-state index contributed by atoms with van der Waals surface area (Å²) in [7, 11) is 0. The maximum absolute atomic E-state index is 11.5. The van der Waals surface area contributed by atoms with Gasteiger partial charge in [-0.1, -0.05) is 36.4 Å². The molecule has 1 amide bonds. The molecule has 0 aromatic heterocycles. The van der Waals surface area contributed by atoms with Crippen LogP contribution in [-0.2, 0) is 9.53 Å². The molecule has 1 unspecified atom stereocenters. The van der Waals surface area contributed by atoms with Crippen molar-refractivity contribution in [2.24, 2.45) is 10.7 Å². The lowest BCUT2D eigenvalue weighted by atomic mass is 10.0. The average molecular weight is 226 g/mol. The van der Waals surface area contributed by atoms with E-state index in [-0.39, 0.29) is 11.9 Å². The van der Waals surface area contributed by atoms with Crippen LogP contribution in [0.25, 0.3) is 10.8 Å². The van der Waals surface area contributed by atoms with Crippen molar-refractivity contribution in [2.75, 3.05) is 0 Å². The quantitative estimate of drug-likeness (QED) is 0.805. The molecule has 1 heterocycles. The van der Waals surface area contributed by atoms with Gasteiger partial charge in [0.25, 0.3) is 11.9 Å². The van der Waals surface area contributed by atoms with Gasteiger partial charge in [-0.2, -0.15) is 4.99 Å². The van der Waals surface area contributed by atoms with Crippen LogP contribution in [0, 0.1) is 0 Å². The summed E-state index contributed by atoms with van der Waals surface area (Å²) in [5.74, 6) is -0.349. The van der Waals surface area contributed by atoms with Crippen LogP contribution < -0.4 is 5.73 Å². The molecule has 1 aliphatic heterocycles. The van der Waals surface area contributed by atoms with E-state index in [1.165, 1.54) is 0 Å². The van der Waals surface area contributed by atoms with Crippen LogP contribution >= 0.6 is 0 Å². The normalized spacial score (nSPS) is 19.2. The summed E-state index contributed by atoms with van der Waals surface area (Å²) in [5.41, 5.74) is 6.15. The van der Waals surface area contributed by atoms with Crippen molar-refractivity contribution >= 4 is 22.7 Å². The highest BCUT2D eigenvalue weighted by molar-refractivity contribution is 5.99. The second-order valence-corrected chi connectivity index (χ2v) is 3.89. The van der Waals surface area contributed by atoms with Crippen LogP contribution in [0.2, 0.25) is 0 Å². The molecule has 2 aromatic rings. The first-order chi connectivity index (χ1) is 8.24. The van der Waals surface area contributed by atoms with Gasteiger partial charge in [-0.05, 0) is 16.8 Å². The third-order valence-corrected chi connectivity index (χ3v) is 2.76. The van der Waals surface area contributed by atoms with Gasteiger partial charge in [0.15, 0.2) is 0 Å². The number of amidine groups is 1. The molecule has 0 radical (unpaired) electrons. The molecular formula is C13H10N2O2. The van der Waals surface area contributed by atoms with E-state index in [1.54, 1.807) is 0 Å². The summed E-state index contributed by atoms with van der Waals surface area (Å²) in [6.45, 7) is 0. The molecule has 1 atom stereocenters. The number of benzene rings is 2. The Morgan fingerprint density at radius 3 is 2.59 bits per heavy atom. The molecule has 0 spiro atoms. The van der Waals surface area contributed by atoms with Gasteiger partial charge in [0.1, 0.15) is 0 Å². The minimum absolute atomic E-state index is 0.0619. The zero-order valence-electron chi connectivity index (χ0n) is 8.96. The number of nitrogens with two attached hydrogens (primary N) is 1. The van der Waals surface area contributed by atoms with Crippen LogP contribution in [0.15, 0.2) is 47.5 Å². The number of hydrogen-bond donors (Lipinski definition) is 1. The van der Waals surface area contributed by atoms with Crippen LogP contribution in [0.1, 0.15) is 11.7 Å². The van der Waals surface area contributed by atoms with Gasteiger partial charge in [0, 0.05) is 5.56 Å². The minimum atomic E-state index is -0.695. The molecule has 3 rings (SSSR count). The highest BCUT2D eigenvalue weighted by Gasteiger charge is 2.29. The van der Waals surface area contributed by atoms with E-state index >= 15 is 0 Å². The van der Waals surface area contributed by atoms with E-state index in [9.17, 15) is 4.79 Å². The molecule has 1 aliphatic rings. The van der Waals surface area contributed by atoms with E-state index in [0.717, 1.165) is 16.3 Å². The first kappa shape index (κ1) is 9.84. The van der Waals surface area contributed by atoms with Crippen molar-refractivity contribution in [3.8, 4) is 0 Å². The molecule has 4 heteroatoms. The Kier molecular flexibility index (Phi) is 2.08. The highest BCUT2D eigenvalue weighted by Crippen LogP contribution is 2.26. The summed E-state index contributed by atoms with van der Waals surface area (Å²) in [6.07, 6.45) is -0.695. The maximum atomic E-state index is 11.5. The molecule has 0 saturated heterocycles. The Bertz CT molecular complexity index is 634. The van der Waals surface area contributed by atoms with Crippen molar-refractivity contribution in [1.82, 2.24) is 0 Å². The van der Waals surface area contributed by atoms with Gasteiger partial charge >= 0.3 is 0 Å². The first-order valence-electron chi connectivity index (χ1n) is 5.27. The topological polar surface area (TPSA) is 64.7 Å². The van der Waals surface area contributed by atoms with Gasteiger partial charge < -0.3 is 10.5 Å². The fraction of sp³-hybridized carbons (Fsp3) is 0.0769. The van der Waals surface area contributed by atoms with Crippen LogP contribution in [0.5, 0.6) is 0 Å². The molecule has 2 aromatic carbocycles. The Morgan fingerprint density at radius 1 is 1.12 bits per heavy atom. The molecule has 0 fully saturated rings.